The number of nitrogens with two attached hydrogens (primary N) is 1. The lowest BCUT2D eigenvalue weighted by Gasteiger charge is -2.23. The van der Waals surface area contributed by atoms with Crippen LogP contribution in [0.2, 0.25) is 0 Å². The second kappa shape index (κ2) is 4.76. The highest BCUT2D eigenvalue weighted by molar-refractivity contribution is 7.09. The number of hydrogen-bond donors (Lipinski definition) is 1. The Balaban J connectivity index is 2.05. The van der Waals surface area contributed by atoms with Gasteiger partial charge in [0.25, 0.3) is 0 Å². The van der Waals surface area contributed by atoms with Crippen molar-refractivity contribution in [1.82, 2.24) is 9.55 Å². The first-order valence-corrected chi connectivity index (χ1v) is 7.84. The fraction of sp³-hybridized carbons (Fsp3) is 0.533. The van der Waals surface area contributed by atoms with E-state index in [1.54, 1.807) is 11.3 Å². The molecule has 1 aliphatic carbocycles. The van der Waals surface area contributed by atoms with E-state index in [4.69, 9.17) is 5.73 Å². The van der Waals surface area contributed by atoms with Crippen molar-refractivity contribution in [2.24, 2.45) is 5.73 Å². The first-order valence-electron chi connectivity index (χ1n) is 6.96. The van der Waals surface area contributed by atoms with Crippen molar-refractivity contribution in [3.05, 3.63) is 39.1 Å². The molecule has 0 fully saturated rings. The number of hydrogen-bond acceptors (Lipinski definition) is 3. The molecule has 0 spiro atoms. The minimum atomic E-state index is 0.217. The van der Waals surface area contributed by atoms with Crippen molar-refractivity contribution < 1.29 is 0 Å². The largest absolute Gasteiger partial charge is 0.339 e. The lowest BCUT2D eigenvalue weighted by Crippen LogP contribution is -2.20. The molecule has 19 heavy (non-hydrogen) atoms. The number of aryl methyl sites for hydroxylation is 2. The van der Waals surface area contributed by atoms with E-state index < -0.39 is 0 Å². The minimum absolute atomic E-state index is 0.217. The zero-order chi connectivity index (χ0) is 13.6. The fourth-order valence-corrected chi connectivity index (χ4v) is 4.02. The Kier molecular flexibility index (Phi) is 3.23. The summed E-state index contributed by atoms with van der Waals surface area (Å²) in [5.74, 6) is 0. The molecule has 2 atom stereocenters. The maximum atomic E-state index is 6.25. The Bertz CT molecular complexity index is 597. The summed E-state index contributed by atoms with van der Waals surface area (Å²) in [6, 6.07) is 2.80. The predicted octanol–water partition coefficient (Wildman–Crippen LogP) is 3.51. The van der Waals surface area contributed by atoms with Gasteiger partial charge in [0.15, 0.2) is 0 Å². The Morgan fingerprint density at radius 3 is 2.95 bits per heavy atom. The van der Waals surface area contributed by atoms with Crippen LogP contribution in [0.3, 0.4) is 0 Å². The van der Waals surface area contributed by atoms with E-state index in [1.807, 2.05) is 0 Å². The molecule has 2 aromatic rings. The van der Waals surface area contributed by atoms with Crippen LogP contribution in [0.4, 0.5) is 0 Å². The topological polar surface area (TPSA) is 43.8 Å². The van der Waals surface area contributed by atoms with Gasteiger partial charge in [-0.15, -0.1) is 11.3 Å². The molecule has 0 bridgehead atoms. The third kappa shape index (κ3) is 2.13. The van der Waals surface area contributed by atoms with Crippen LogP contribution in [-0.4, -0.2) is 9.55 Å². The molecule has 0 saturated carbocycles. The van der Waals surface area contributed by atoms with Crippen molar-refractivity contribution in [2.45, 2.75) is 52.1 Å². The Hall–Kier alpha value is -1.13. The minimum Gasteiger partial charge on any atom is -0.339 e. The molecule has 4 heteroatoms. The van der Waals surface area contributed by atoms with Gasteiger partial charge in [0, 0.05) is 28.5 Å². The van der Waals surface area contributed by atoms with Gasteiger partial charge < -0.3 is 10.3 Å². The van der Waals surface area contributed by atoms with Gasteiger partial charge in [0.2, 0.25) is 0 Å². The predicted molar refractivity (Wildman–Crippen MR) is 79.7 cm³/mol. The van der Waals surface area contributed by atoms with Crippen LogP contribution < -0.4 is 5.73 Å². The molecule has 0 aliphatic heterocycles. The summed E-state index contributed by atoms with van der Waals surface area (Å²) in [5, 5.41) is 3.32. The van der Waals surface area contributed by atoms with E-state index in [0.29, 0.717) is 6.04 Å². The quantitative estimate of drug-likeness (QED) is 0.911. The van der Waals surface area contributed by atoms with Crippen LogP contribution in [0.5, 0.6) is 0 Å². The Morgan fingerprint density at radius 1 is 1.47 bits per heavy atom. The molecule has 0 saturated heterocycles. The van der Waals surface area contributed by atoms with Gasteiger partial charge in [0.05, 0.1) is 6.04 Å². The average molecular weight is 275 g/mol. The smallest absolute Gasteiger partial charge is 0.115 e. The Morgan fingerprint density at radius 2 is 2.26 bits per heavy atom. The maximum absolute atomic E-state index is 6.25. The molecule has 0 aromatic carbocycles. The Labute approximate surface area is 118 Å². The first-order chi connectivity index (χ1) is 9.08. The van der Waals surface area contributed by atoms with Crippen molar-refractivity contribution in [3.63, 3.8) is 0 Å². The number of rotatable bonds is 2. The molecular weight excluding hydrogens is 254 g/mol. The highest BCUT2D eigenvalue weighted by Crippen LogP contribution is 2.35. The van der Waals surface area contributed by atoms with Gasteiger partial charge in [0.1, 0.15) is 5.01 Å². The van der Waals surface area contributed by atoms with E-state index in [0.717, 1.165) is 18.5 Å². The summed E-state index contributed by atoms with van der Waals surface area (Å²) in [6.07, 6.45) is 3.45. The molecule has 2 aromatic heterocycles. The monoisotopic (exact) mass is 275 g/mol. The van der Waals surface area contributed by atoms with Crippen molar-refractivity contribution in [1.29, 1.82) is 0 Å². The molecular formula is C15H21N3S. The van der Waals surface area contributed by atoms with Crippen LogP contribution in [0, 0.1) is 13.8 Å². The van der Waals surface area contributed by atoms with E-state index in [1.165, 1.54) is 28.4 Å². The second-order valence-corrected chi connectivity index (χ2v) is 6.45. The van der Waals surface area contributed by atoms with Gasteiger partial charge in [-0.05, 0) is 51.7 Å². The first kappa shape index (κ1) is 12.9. The second-order valence-electron chi connectivity index (χ2n) is 5.56. The lowest BCUT2D eigenvalue weighted by molar-refractivity contribution is 0.520. The van der Waals surface area contributed by atoms with Crippen molar-refractivity contribution in [2.75, 3.05) is 0 Å². The van der Waals surface area contributed by atoms with Gasteiger partial charge in [-0.2, -0.15) is 0 Å². The highest BCUT2D eigenvalue weighted by Gasteiger charge is 2.25. The molecule has 0 radical (unpaired) electrons. The summed E-state index contributed by atoms with van der Waals surface area (Å²) >= 11 is 1.75. The van der Waals surface area contributed by atoms with Crippen LogP contribution in [0.15, 0.2) is 11.4 Å². The third-order valence-corrected chi connectivity index (χ3v) is 5.21. The maximum Gasteiger partial charge on any atom is 0.115 e. The summed E-state index contributed by atoms with van der Waals surface area (Å²) in [5.41, 5.74) is 11.4. The van der Waals surface area contributed by atoms with Gasteiger partial charge >= 0.3 is 0 Å². The van der Waals surface area contributed by atoms with Crippen LogP contribution >= 0.6 is 11.3 Å². The van der Waals surface area contributed by atoms with E-state index in [9.17, 15) is 0 Å². The van der Waals surface area contributed by atoms with E-state index >= 15 is 0 Å². The van der Waals surface area contributed by atoms with E-state index in [-0.39, 0.29) is 6.04 Å². The molecule has 3 rings (SSSR count). The molecule has 2 N–H and O–H groups in total. The van der Waals surface area contributed by atoms with Crippen LogP contribution in [0.1, 0.15) is 59.5 Å². The molecule has 2 unspecified atom stereocenters. The standard InChI is InChI=1S/C15H21N3S/c1-9-8-19-15(17-9)11(3)18-10(2)7-12-13(16)5-4-6-14(12)18/h7-8,11,13H,4-6,16H2,1-3H3. The van der Waals surface area contributed by atoms with Gasteiger partial charge in [-0.25, -0.2) is 4.98 Å². The summed E-state index contributed by atoms with van der Waals surface area (Å²) < 4.78 is 2.44. The zero-order valence-electron chi connectivity index (χ0n) is 11.8. The average Bonchev–Trinajstić information content (AvgIpc) is 2.93. The van der Waals surface area contributed by atoms with Crippen molar-refractivity contribution in [3.8, 4) is 0 Å². The van der Waals surface area contributed by atoms with E-state index in [2.05, 4.69) is 41.8 Å². The summed E-state index contributed by atoms with van der Waals surface area (Å²) in [7, 11) is 0. The van der Waals surface area contributed by atoms with Gasteiger partial charge in [-0.1, -0.05) is 0 Å². The SMILES string of the molecule is Cc1csc(C(C)n2c(C)cc3c2CCCC3N)n1. The zero-order valence-corrected chi connectivity index (χ0v) is 12.6. The van der Waals surface area contributed by atoms with Crippen LogP contribution in [0.25, 0.3) is 0 Å². The molecule has 102 valence electrons. The van der Waals surface area contributed by atoms with Crippen LogP contribution in [-0.2, 0) is 6.42 Å². The normalized spacial score (nSPS) is 20.3. The molecule has 3 nitrogen and oxygen atoms in total. The number of thiazole rings is 1. The fourth-order valence-electron chi connectivity index (χ4n) is 3.17. The highest BCUT2D eigenvalue weighted by atomic mass is 32.1. The summed E-state index contributed by atoms with van der Waals surface area (Å²) in [6.45, 7) is 6.48. The number of aromatic nitrogens is 2. The molecule has 0 amide bonds. The number of fused-ring (bicyclic) bond motifs is 1. The molecule has 2 heterocycles. The third-order valence-electron chi connectivity index (χ3n) is 4.08. The van der Waals surface area contributed by atoms with Crippen molar-refractivity contribution >= 4 is 11.3 Å². The lowest BCUT2D eigenvalue weighted by atomic mass is 9.93. The molecule has 1 aliphatic rings. The summed E-state index contributed by atoms with van der Waals surface area (Å²) in [4.78, 5) is 4.64. The van der Waals surface area contributed by atoms with Gasteiger partial charge in [-0.3, -0.25) is 0 Å². The number of nitrogens with zero attached hydrogens (tertiary/aromatic N) is 2.